The van der Waals surface area contributed by atoms with Crippen LogP contribution < -0.4 is 0 Å². The SMILES string of the molecule is CSc1ccc([C]2[CH][CH][CH][C]2C2=N[C@@H](C(C)(C)C)CO2)cc1. The van der Waals surface area contributed by atoms with Crippen molar-refractivity contribution in [3.8, 4) is 0 Å². The van der Waals surface area contributed by atoms with Crippen molar-refractivity contribution in [3.05, 3.63) is 60.9 Å². The van der Waals surface area contributed by atoms with Crippen LogP contribution >= 0.6 is 11.8 Å². The molecule has 1 aliphatic carbocycles. The summed E-state index contributed by atoms with van der Waals surface area (Å²) >= 11 is 1.76. The molecular weight excluding hydrogens is 290 g/mol. The maximum Gasteiger partial charge on any atom is 0.192 e. The molecule has 1 aromatic carbocycles. The summed E-state index contributed by atoms with van der Waals surface area (Å²) in [6, 6.07) is 8.88. The summed E-state index contributed by atoms with van der Waals surface area (Å²) in [6.07, 6.45) is 8.40. The van der Waals surface area contributed by atoms with Crippen molar-refractivity contribution in [2.45, 2.75) is 31.7 Å². The van der Waals surface area contributed by atoms with Crippen LogP contribution in [0.5, 0.6) is 0 Å². The second-order valence-corrected chi connectivity index (χ2v) is 7.59. The molecular formula is C19H22NOS. The van der Waals surface area contributed by atoms with E-state index in [1.165, 1.54) is 16.4 Å². The average Bonchev–Trinajstić information content (AvgIpc) is 3.15. The van der Waals surface area contributed by atoms with Gasteiger partial charge in [-0.15, -0.1) is 11.8 Å². The highest BCUT2D eigenvalue weighted by Crippen LogP contribution is 2.41. The van der Waals surface area contributed by atoms with Gasteiger partial charge in [-0.2, -0.15) is 0 Å². The Hall–Kier alpha value is -0.960. The van der Waals surface area contributed by atoms with E-state index in [4.69, 9.17) is 9.73 Å². The van der Waals surface area contributed by atoms with E-state index in [2.05, 4.69) is 70.6 Å². The first-order valence-electron chi connectivity index (χ1n) is 7.60. The fourth-order valence-electron chi connectivity index (χ4n) is 2.59. The zero-order valence-corrected chi connectivity index (χ0v) is 14.4. The maximum atomic E-state index is 5.89. The smallest absolute Gasteiger partial charge is 0.192 e. The highest BCUT2D eigenvalue weighted by atomic mass is 32.2. The lowest BCUT2D eigenvalue weighted by atomic mass is 9.87. The zero-order valence-electron chi connectivity index (χ0n) is 13.6. The van der Waals surface area contributed by atoms with Gasteiger partial charge in [0.2, 0.25) is 0 Å². The normalized spacial score (nSPS) is 23.6. The Morgan fingerprint density at radius 3 is 2.36 bits per heavy atom. The summed E-state index contributed by atoms with van der Waals surface area (Å²) < 4.78 is 5.89. The molecule has 0 bridgehead atoms. The van der Waals surface area contributed by atoms with Crippen LogP contribution in [-0.2, 0) is 4.74 Å². The lowest BCUT2D eigenvalue weighted by molar-refractivity contribution is 0.234. The fourth-order valence-corrected chi connectivity index (χ4v) is 3.00. The van der Waals surface area contributed by atoms with Crippen molar-refractivity contribution in [2.75, 3.05) is 12.9 Å². The number of hydrogen-bond donors (Lipinski definition) is 0. The predicted molar refractivity (Wildman–Crippen MR) is 93.3 cm³/mol. The van der Waals surface area contributed by atoms with E-state index in [1.54, 1.807) is 11.8 Å². The van der Waals surface area contributed by atoms with Crippen LogP contribution in [0.15, 0.2) is 34.2 Å². The molecule has 3 heteroatoms. The van der Waals surface area contributed by atoms with E-state index in [0.29, 0.717) is 6.61 Å². The molecule has 1 aromatic rings. The largest absolute Gasteiger partial charge is 0.478 e. The quantitative estimate of drug-likeness (QED) is 0.773. The Kier molecular flexibility index (Phi) is 4.54. The Bertz CT molecular complexity index is 544. The first-order chi connectivity index (χ1) is 10.5. The number of benzene rings is 1. The van der Waals surface area contributed by atoms with E-state index in [1.807, 2.05) is 0 Å². The molecule has 2 aliphatic rings. The molecule has 1 aliphatic heterocycles. The number of aliphatic imine (C=N–C) groups is 1. The molecule has 0 N–H and O–H groups in total. The molecule has 0 amide bonds. The number of hydrogen-bond acceptors (Lipinski definition) is 3. The Morgan fingerprint density at radius 1 is 1.09 bits per heavy atom. The van der Waals surface area contributed by atoms with Gasteiger partial charge in [0.15, 0.2) is 5.90 Å². The average molecular weight is 312 g/mol. The maximum absolute atomic E-state index is 5.89. The fraction of sp³-hybridized carbons (Fsp3) is 0.368. The number of rotatable bonds is 3. The van der Waals surface area contributed by atoms with Gasteiger partial charge in [0, 0.05) is 10.8 Å². The molecule has 1 fully saturated rings. The Balaban J connectivity index is 1.78. The minimum Gasteiger partial charge on any atom is -0.478 e. The molecule has 0 spiro atoms. The minimum atomic E-state index is 0.133. The topological polar surface area (TPSA) is 21.6 Å². The highest BCUT2D eigenvalue weighted by Gasteiger charge is 2.40. The van der Waals surface area contributed by atoms with E-state index in [9.17, 15) is 0 Å². The van der Waals surface area contributed by atoms with Gasteiger partial charge in [0.1, 0.15) is 6.61 Å². The van der Waals surface area contributed by atoms with E-state index < -0.39 is 0 Å². The third-order valence-electron chi connectivity index (χ3n) is 4.10. The second-order valence-electron chi connectivity index (χ2n) is 6.71. The van der Waals surface area contributed by atoms with E-state index in [-0.39, 0.29) is 11.5 Å². The Labute approximate surface area is 138 Å². The van der Waals surface area contributed by atoms with Gasteiger partial charge in [0.25, 0.3) is 0 Å². The van der Waals surface area contributed by atoms with Gasteiger partial charge in [0.05, 0.1) is 12.0 Å². The molecule has 1 atom stereocenters. The van der Waals surface area contributed by atoms with E-state index in [0.717, 1.165) is 11.8 Å². The standard InChI is InChI=1S/C19H22NOS/c1-19(2,3)17-12-21-18(20-17)16-7-5-6-15(16)13-8-10-14(22-4)11-9-13/h5-11,17H,12H2,1-4H3/t17-/m1/s1. The zero-order chi connectivity index (χ0) is 15.7. The number of nitrogens with zero attached hydrogens (tertiary/aromatic N) is 1. The summed E-state index contributed by atoms with van der Waals surface area (Å²) in [7, 11) is 0. The molecule has 0 aromatic heterocycles. The van der Waals surface area contributed by atoms with Crippen molar-refractivity contribution in [1.29, 1.82) is 0 Å². The molecule has 3 rings (SSSR count). The third kappa shape index (κ3) is 3.19. The lowest BCUT2D eigenvalue weighted by Gasteiger charge is -2.22. The van der Waals surface area contributed by atoms with Gasteiger partial charge in [-0.3, -0.25) is 0 Å². The van der Waals surface area contributed by atoms with Crippen molar-refractivity contribution in [3.63, 3.8) is 0 Å². The monoisotopic (exact) mass is 312 g/mol. The molecule has 1 heterocycles. The molecule has 5 radical (unpaired) electrons. The summed E-state index contributed by atoms with van der Waals surface area (Å²) in [6.45, 7) is 7.30. The second kappa shape index (κ2) is 6.27. The first-order valence-corrected chi connectivity index (χ1v) is 8.82. The van der Waals surface area contributed by atoms with E-state index >= 15 is 0 Å². The van der Waals surface area contributed by atoms with Crippen molar-refractivity contribution < 1.29 is 4.74 Å². The van der Waals surface area contributed by atoms with Gasteiger partial charge in [-0.1, -0.05) is 32.9 Å². The molecule has 22 heavy (non-hydrogen) atoms. The molecule has 115 valence electrons. The van der Waals surface area contributed by atoms with Gasteiger partial charge >= 0.3 is 0 Å². The predicted octanol–water partition coefficient (Wildman–Crippen LogP) is 4.38. The first kappa shape index (κ1) is 15.9. The summed E-state index contributed by atoms with van der Waals surface area (Å²) in [4.78, 5) is 6.09. The van der Waals surface area contributed by atoms with Crippen LogP contribution in [0, 0.1) is 36.5 Å². The van der Waals surface area contributed by atoms with Crippen LogP contribution in [-0.4, -0.2) is 24.8 Å². The third-order valence-corrected chi connectivity index (χ3v) is 4.84. The van der Waals surface area contributed by atoms with Crippen LogP contribution in [0.1, 0.15) is 26.3 Å². The number of thioether (sulfide) groups is 1. The summed E-state index contributed by atoms with van der Waals surface area (Å²) in [5, 5.41) is 0. The molecule has 0 saturated heterocycles. The summed E-state index contributed by atoms with van der Waals surface area (Å²) in [5.41, 5.74) is 1.34. The van der Waals surface area contributed by atoms with Crippen LogP contribution in [0.3, 0.4) is 0 Å². The molecule has 2 nitrogen and oxygen atoms in total. The highest BCUT2D eigenvalue weighted by molar-refractivity contribution is 7.98. The van der Waals surface area contributed by atoms with Gasteiger partial charge in [-0.05, 0) is 48.6 Å². The van der Waals surface area contributed by atoms with Crippen molar-refractivity contribution >= 4 is 17.7 Å². The minimum absolute atomic E-state index is 0.133. The van der Waals surface area contributed by atoms with Crippen LogP contribution in [0.2, 0.25) is 0 Å². The summed E-state index contributed by atoms with van der Waals surface area (Å²) in [5.74, 6) is 3.08. The van der Waals surface area contributed by atoms with Crippen molar-refractivity contribution in [1.82, 2.24) is 0 Å². The van der Waals surface area contributed by atoms with Gasteiger partial charge in [-0.25, -0.2) is 4.99 Å². The molecule has 1 saturated carbocycles. The number of ether oxygens (including phenoxy) is 1. The van der Waals surface area contributed by atoms with Crippen molar-refractivity contribution in [2.24, 2.45) is 10.4 Å². The van der Waals surface area contributed by atoms with Crippen LogP contribution in [0.25, 0.3) is 0 Å². The molecule has 0 unspecified atom stereocenters. The van der Waals surface area contributed by atoms with Crippen LogP contribution in [0.4, 0.5) is 0 Å². The Morgan fingerprint density at radius 2 is 1.77 bits per heavy atom. The van der Waals surface area contributed by atoms with Gasteiger partial charge < -0.3 is 4.74 Å². The lowest BCUT2D eigenvalue weighted by Crippen LogP contribution is -2.25.